The van der Waals surface area contributed by atoms with E-state index < -0.39 is 12.0 Å². The quantitative estimate of drug-likeness (QED) is 0.549. The third-order valence-corrected chi connectivity index (χ3v) is 3.17. The minimum atomic E-state index is -2.73. The van der Waals surface area contributed by atoms with Crippen LogP contribution >= 0.6 is 0 Å². The van der Waals surface area contributed by atoms with Crippen molar-refractivity contribution in [2.24, 2.45) is 17.7 Å². The summed E-state index contributed by atoms with van der Waals surface area (Å²) < 4.78 is 26.3. The molecule has 1 aliphatic carbocycles. The smallest absolute Gasteiger partial charge is 0.261 e. The molecule has 1 fully saturated rings. The van der Waals surface area contributed by atoms with Crippen molar-refractivity contribution in [1.82, 2.24) is 5.43 Å². The monoisotopic (exact) mass is 206 g/mol. The van der Waals surface area contributed by atoms with Crippen molar-refractivity contribution < 1.29 is 8.78 Å². The van der Waals surface area contributed by atoms with E-state index in [9.17, 15) is 8.78 Å². The normalized spacial score (nSPS) is 31.5. The third-order valence-electron chi connectivity index (χ3n) is 3.17. The molecule has 0 aliphatic heterocycles. The predicted molar refractivity (Wildman–Crippen MR) is 52.9 cm³/mol. The van der Waals surface area contributed by atoms with Gasteiger partial charge in [-0.15, -0.1) is 0 Å². The number of hydrogen-bond acceptors (Lipinski definition) is 2. The van der Waals surface area contributed by atoms with Gasteiger partial charge in [0.05, 0.1) is 6.04 Å². The van der Waals surface area contributed by atoms with E-state index in [2.05, 4.69) is 12.3 Å². The molecule has 2 nitrogen and oxygen atoms in total. The van der Waals surface area contributed by atoms with Crippen LogP contribution in [0.1, 0.15) is 39.5 Å². The molecule has 3 N–H and O–H groups in total. The maximum atomic E-state index is 13.2. The largest absolute Gasteiger partial charge is 0.271 e. The maximum Gasteiger partial charge on any atom is 0.261 e. The Kier molecular flexibility index (Phi) is 3.84. The molecular formula is C10H20F2N2. The van der Waals surface area contributed by atoms with E-state index >= 15 is 0 Å². The zero-order chi connectivity index (χ0) is 10.8. The minimum Gasteiger partial charge on any atom is -0.271 e. The van der Waals surface area contributed by atoms with Crippen molar-refractivity contribution in [1.29, 1.82) is 0 Å². The van der Waals surface area contributed by atoms with E-state index in [1.165, 1.54) is 0 Å². The first-order chi connectivity index (χ1) is 6.45. The summed E-state index contributed by atoms with van der Waals surface area (Å²) in [6.07, 6.45) is 3.92. The molecule has 0 spiro atoms. The molecule has 1 saturated carbocycles. The number of rotatable bonds is 3. The van der Waals surface area contributed by atoms with Gasteiger partial charge in [0.2, 0.25) is 0 Å². The van der Waals surface area contributed by atoms with Gasteiger partial charge in [0.25, 0.3) is 5.92 Å². The fraction of sp³-hybridized carbons (Fsp3) is 1.00. The third kappa shape index (κ3) is 2.89. The van der Waals surface area contributed by atoms with E-state index in [0.717, 1.165) is 32.6 Å². The van der Waals surface area contributed by atoms with Crippen LogP contribution in [0.4, 0.5) is 8.78 Å². The molecule has 0 radical (unpaired) electrons. The Morgan fingerprint density at radius 1 is 1.43 bits per heavy atom. The number of halogens is 2. The average Bonchev–Trinajstić information content (AvgIpc) is 2.02. The molecule has 0 aromatic carbocycles. The summed E-state index contributed by atoms with van der Waals surface area (Å²) in [7, 11) is 0. The zero-order valence-electron chi connectivity index (χ0n) is 8.89. The van der Waals surface area contributed by atoms with Gasteiger partial charge in [-0.05, 0) is 24.7 Å². The van der Waals surface area contributed by atoms with Crippen LogP contribution in [0.25, 0.3) is 0 Å². The van der Waals surface area contributed by atoms with Gasteiger partial charge < -0.3 is 0 Å². The Balaban J connectivity index is 2.60. The second-order valence-electron chi connectivity index (χ2n) is 4.63. The Bertz CT molecular complexity index is 179. The summed E-state index contributed by atoms with van der Waals surface area (Å²) in [5.41, 5.74) is 2.28. The average molecular weight is 206 g/mol. The lowest BCUT2D eigenvalue weighted by Gasteiger charge is -2.35. The Morgan fingerprint density at radius 2 is 2.07 bits per heavy atom. The summed E-state index contributed by atoms with van der Waals surface area (Å²) in [5, 5.41) is 0. The molecule has 0 heterocycles. The van der Waals surface area contributed by atoms with Crippen LogP contribution in [-0.2, 0) is 0 Å². The summed E-state index contributed by atoms with van der Waals surface area (Å²) in [6, 6.07) is -0.870. The van der Waals surface area contributed by atoms with Gasteiger partial charge in [0, 0.05) is 6.92 Å². The molecule has 1 rings (SSSR count). The van der Waals surface area contributed by atoms with Crippen molar-refractivity contribution in [3.05, 3.63) is 0 Å². The van der Waals surface area contributed by atoms with Gasteiger partial charge >= 0.3 is 0 Å². The van der Waals surface area contributed by atoms with Crippen LogP contribution in [-0.4, -0.2) is 12.0 Å². The van der Waals surface area contributed by atoms with Crippen molar-refractivity contribution in [2.75, 3.05) is 0 Å². The molecule has 14 heavy (non-hydrogen) atoms. The van der Waals surface area contributed by atoms with Gasteiger partial charge in [0.1, 0.15) is 0 Å². The highest BCUT2D eigenvalue weighted by molar-refractivity contribution is 4.87. The summed E-state index contributed by atoms with van der Waals surface area (Å²) in [6.45, 7) is 3.06. The predicted octanol–water partition coefficient (Wildman–Crippen LogP) is 2.30. The maximum absolute atomic E-state index is 13.2. The first-order valence-electron chi connectivity index (χ1n) is 5.29. The van der Waals surface area contributed by atoms with Crippen LogP contribution in [0.3, 0.4) is 0 Å². The van der Waals surface area contributed by atoms with Gasteiger partial charge in [0.15, 0.2) is 0 Å². The standard InChI is InChI=1S/C10H20F2N2/c1-7-4-3-5-8(6-7)9(14-13)10(2,11)12/h7-9,14H,3-6,13H2,1-2H3. The molecule has 1 aliphatic rings. The van der Waals surface area contributed by atoms with E-state index in [1.807, 2.05) is 0 Å². The molecule has 0 aromatic heterocycles. The topological polar surface area (TPSA) is 38.0 Å². The summed E-state index contributed by atoms with van der Waals surface area (Å²) in [4.78, 5) is 0. The van der Waals surface area contributed by atoms with Crippen LogP contribution in [0.2, 0.25) is 0 Å². The molecule has 3 unspecified atom stereocenters. The number of nitrogens with two attached hydrogens (primary N) is 1. The molecule has 84 valence electrons. The van der Waals surface area contributed by atoms with Gasteiger partial charge in [-0.2, -0.15) is 0 Å². The number of hydrogen-bond donors (Lipinski definition) is 2. The molecule has 3 atom stereocenters. The van der Waals surface area contributed by atoms with Gasteiger partial charge in [-0.25, -0.2) is 8.78 Å². The highest BCUT2D eigenvalue weighted by Crippen LogP contribution is 2.35. The summed E-state index contributed by atoms with van der Waals surface area (Å²) >= 11 is 0. The molecular weight excluding hydrogens is 186 g/mol. The molecule has 0 saturated heterocycles. The first kappa shape index (κ1) is 11.9. The van der Waals surface area contributed by atoms with Crippen LogP contribution in [0, 0.1) is 11.8 Å². The fourth-order valence-corrected chi connectivity index (χ4v) is 2.48. The van der Waals surface area contributed by atoms with E-state index in [4.69, 9.17) is 5.84 Å². The molecule has 0 bridgehead atoms. The second kappa shape index (κ2) is 4.53. The molecule has 0 amide bonds. The minimum absolute atomic E-state index is 0.0174. The Morgan fingerprint density at radius 3 is 2.50 bits per heavy atom. The van der Waals surface area contributed by atoms with E-state index in [0.29, 0.717) is 5.92 Å². The lowest BCUT2D eigenvalue weighted by Crippen LogP contribution is -2.52. The second-order valence-corrected chi connectivity index (χ2v) is 4.63. The SMILES string of the molecule is CC1CCCC(C(NN)C(C)(F)F)C1. The molecule has 0 aromatic rings. The number of hydrazine groups is 1. The van der Waals surface area contributed by atoms with Crippen molar-refractivity contribution >= 4 is 0 Å². The van der Waals surface area contributed by atoms with E-state index in [1.54, 1.807) is 0 Å². The first-order valence-corrected chi connectivity index (χ1v) is 5.29. The number of nitrogens with one attached hydrogen (secondary N) is 1. The van der Waals surface area contributed by atoms with Gasteiger partial charge in [-0.3, -0.25) is 11.3 Å². The van der Waals surface area contributed by atoms with Crippen molar-refractivity contribution in [2.45, 2.75) is 51.5 Å². The molecule has 4 heteroatoms. The Hall–Kier alpha value is -0.220. The van der Waals surface area contributed by atoms with Crippen LogP contribution in [0.5, 0.6) is 0 Å². The van der Waals surface area contributed by atoms with Crippen molar-refractivity contribution in [3.8, 4) is 0 Å². The fourth-order valence-electron chi connectivity index (χ4n) is 2.48. The van der Waals surface area contributed by atoms with E-state index in [-0.39, 0.29) is 5.92 Å². The summed E-state index contributed by atoms with van der Waals surface area (Å²) in [5.74, 6) is 3.04. The lowest BCUT2D eigenvalue weighted by molar-refractivity contribution is -0.0471. The lowest BCUT2D eigenvalue weighted by atomic mass is 9.77. The highest BCUT2D eigenvalue weighted by atomic mass is 19.3. The van der Waals surface area contributed by atoms with Crippen LogP contribution < -0.4 is 11.3 Å². The highest BCUT2D eigenvalue weighted by Gasteiger charge is 2.40. The number of alkyl halides is 2. The zero-order valence-corrected chi connectivity index (χ0v) is 8.89. The Labute approximate surface area is 84.2 Å². The van der Waals surface area contributed by atoms with Gasteiger partial charge in [-0.1, -0.05) is 19.8 Å². The van der Waals surface area contributed by atoms with Crippen molar-refractivity contribution in [3.63, 3.8) is 0 Å². The van der Waals surface area contributed by atoms with Crippen LogP contribution in [0.15, 0.2) is 0 Å².